The van der Waals surface area contributed by atoms with E-state index in [0.29, 0.717) is 17.9 Å². The molecule has 1 fully saturated rings. The molecule has 2 heterocycles. The van der Waals surface area contributed by atoms with Crippen molar-refractivity contribution in [1.29, 1.82) is 0 Å². The van der Waals surface area contributed by atoms with Crippen LogP contribution < -0.4 is 10.2 Å². The molecule has 150 valence electrons. The first-order valence-electron chi connectivity index (χ1n) is 9.63. The highest BCUT2D eigenvalue weighted by molar-refractivity contribution is 6.23. The predicted molar refractivity (Wildman–Crippen MR) is 102 cm³/mol. The highest BCUT2D eigenvalue weighted by Crippen LogP contribution is 2.33. The zero-order chi connectivity index (χ0) is 20.3. The number of fused-ring (bicyclic) bond motifs is 1. The fraction of sp³-hybridized carbons (Fsp3) is 0.500. The lowest BCUT2D eigenvalue weighted by Crippen LogP contribution is -2.49. The summed E-state index contributed by atoms with van der Waals surface area (Å²) in [7, 11) is 0. The number of aliphatic hydroxyl groups excluding tert-OH is 1. The normalized spacial score (nSPS) is 17.4. The molecule has 2 aliphatic rings. The lowest BCUT2D eigenvalue weighted by Gasteiger charge is -2.41. The van der Waals surface area contributed by atoms with Crippen LogP contribution in [0.25, 0.3) is 0 Å². The maximum absolute atomic E-state index is 12.9. The first kappa shape index (κ1) is 20.0. The molecule has 2 N–H and O–H groups in total. The quantitative estimate of drug-likeness (QED) is 0.482. The minimum Gasteiger partial charge on any atom is -0.396 e. The Morgan fingerprint density at radius 1 is 1.29 bits per heavy atom. The summed E-state index contributed by atoms with van der Waals surface area (Å²) in [5.41, 5.74) is 1.44. The van der Waals surface area contributed by atoms with Gasteiger partial charge in [0.2, 0.25) is 12.3 Å². The van der Waals surface area contributed by atoms with E-state index in [1.54, 1.807) is 12.1 Å². The number of rotatable bonds is 9. The fourth-order valence-electron chi connectivity index (χ4n) is 3.88. The third-order valence-corrected chi connectivity index (χ3v) is 5.37. The number of carbonyl (C=O) groups is 4. The number of hydrogen-bond acceptors (Lipinski definition) is 6. The Morgan fingerprint density at radius 3 is 2.64 bits per heavy atom. The van der Waals surface area contributed by atoms with Gasteiger partial charge in [0.25, 0.3) is 11.8 Å². The lowest BCUT2D eigenvalue weighted by molar-refractivity contribution is -0.128. The minimum absolute atomic E-state index is 0.193. The fourth-order valence-corrected chi connectivity index (χ4v) is 3.88. The van der Waals surface area contributed by atoms with Gasteiger partial charge >= 0.3 is 0 Å². The van der Waals surface area contributed by atoms with Crippen LogP contribution in [0.3, 0.4) is 0 Å². The average molecular weight is 387 g/mol. The number of hydrogen-bond donors (Lipinski definition) is 2. The molecule has 0 aliphatic carbocycles. The number of benzene rings is 1. The lowest BCUT2D eigenvalue weighted by atomic mass is 9.93. The molecule has 8 heteroatoms. The molecule has 1 unspecified atom stereocenters. The number of anilines is 1. The second-order valence-corrected chi connectivity index (χ2v) is 7.28. The van der Waals surface area contributed by atoms with Gasteiger partial charge in [0.15, 0.2) is 0 Å². The van der Waals surface area contributed by atoms with E-state index in [-0.39, 0.29) is 25.0 Å². The van der Waals surface area contributed by atoms with Crippen LogP contribution in [-0.4, -0.2) is 59.9 Å². The van der Waals surface area contributed by atoms with Crippen molar-refractivity contribution in [1.82, 2.24) is 10.2 Å². The van der Waals surface area contributed by atoms with Gasteiger partial charge in [-0.15, -0.1) is 0 Å². The number of nitrogens with zero attached hydrogens (tertiary/aromatic N) is 2. The van der Waals surface area contributed by atoms with E-state index < -0.39 is 23.8 Å². The molecule has 4 amide bonds. The third-order valence-electron chi connectivity index (χ3n) is 5.37. The van der Waals surface area contributed by atoms with Crippen molar-refractivity contribution in [3.05, 3.63) is 29.3 Å². The Hall–Kier alpha value is -2.74. The van der Waals surface area contributed by atoms with E-state index in [1.165, 1.54) is 0 Å². The molecular weight excluding hydrogens is 362 g/mol. The van der Waals surface area contributed by atoms with Crippen molar-refractivity contribution < 1.29 is 24.3 Å². The minimum atomic E-state index is -1.00. The van der Waals surface area contributed by atoms with E-state index in [4.69, 9.17) is 5.11 Å². The molecule has 0 aromatic heterocycles. The maximum Gasteiger partial charge on any atom is 0.262 e. The summed E-state index contributed by atoms with van der Waals surface area (Å²) in [6.45, 7) is 3.74. The Bertz CT molecular complexity index is 788. The van der Waals surface area contributed by atoms with Crippen LogP contribution in [0, 0.1) is 5.92 Å². The van der Waals surface area contributed by atoms with Gasteiger partial charge in [0, 0.05) is 25.4 Å². The topological polar surface area (TPSA) is 107 Å². The number of nitrogens with one attached hydrogen (secondary N) is 1. The summed E-state index contributed by atoms with van der Waals surface area (Å²) < 4.78 is 0. The second kappa shape index (κ2) is 8.52. The van der Waals surface area contributed by atoms with Crippen LogP contribution in [0.1, 0.15) is 53.3 Å². The Kier molecular flexibility index (Phi) is 6.08. The van der Waals surface area contributed by atoms with Gasteiger partial charge in [-0.3, -0.25) is 29.4 Å². The molecule has 2 aliphatic heterocycles. The second-order valence-electron chi connectivity index (χ2n) is 7.28. The molecule has 1 atom stereocenters. The van der Waals surface area contributed by atoms with Gasteiger partial charge in [-0.2, -0.15) is 0 Å². The SMILES string of the molecule is CCCC(C(=O)NC=O)N1C(=O)c2ccc(N3CC(CCCO)C3)cc2C1=O. The van der Waals surface area contributed by atoms with Crippen LogP contribution in [0.15, 0.2) is 18.2 Å². The molecule has 0 bridgehead atoms. The highest BCUT2D eigenvalue weighted by atomic mass is 16.3. The summed E-state index contributed by atoms with van der Waals surface area (Å²) in [4.78, 5) is 51.6. The first-order chi connectivity index (χ1) is 13.5. The van der Waals surface area contributed by atoms with Crippen molar-refractivity contribution in [2.45, 2.75) is 38.6 Å². The van der Waals surface area contributed by atoms with Crippen molar-refractivity contribution in [3.8, 4) is 0 Å². The molecule has 28 heavy (non-hydrogen) atoms. The monoisotopic (exact) mass is 387 g/mol. The molecular formula is C20H25N3O5. The van der Waals surface area contributed by atoms with E-state index in [1.807, 2.05) is 13.0 Å². The summed E-state index contributed by atoms with van der Waals surface area (Å²) in [5, 5.41) is 11.0. The first-order valence-corrected chi connectivity index (χ1v) is 9.63. The van der Waals surface area contributed by atoms with Crippen LogP contribution in [-0.2, 0) is 9.59 Å². The summed E-state index contributed by atoms with van der Waals surface area (Å²) in [6.07, 6.45) is 2.88. The van der Waals surface area contributed by atoms with Gasteiger partial charge in [0.1, 0.15) is 6.04 Å². The van der Waals surface area contributed by atoms with Gasteiger partial charge in [0.05, 0.1) is 11.1 Å². The molecule has 0 radical (unpaired) electrons. The zero-order valence-electron chi connectivity index (χ0n) is 15.9. The van der Waals surface area contributed by atoms with Crippen molar-refractivity contribution in [2.75, 3.05) is 24.6 Å². The highest BCUT2D eigenvalue weighted by Gasteiger charge is 2.43. The molecule has 8 nitrogen and oxygen atoms in total. The number of imide groups is 2. The van der Waals surface area contributed by atoms with E-state index in [9.17, 15) is 19.2 Å². The summed E-state index contributed by atoms with van der Waals surface area (Å²) in [5.74, 6) is -1.13. The van der Waals surface area contributed by atoms with E-state index >= 15 is 0 Å². The number of carbonyl (C=O) groups excluding carboxylic acids is 4. The molecule has 1 aromatic carbocycles. The Morgan fingerprint density at radius 2 is 2.00 bits per heavy atom. The van der Waals surface area contributed by atoms with Crippen LogP contribution in [0.2, 0.25) is 0 Å². The summed E-state index contributed by atoms with van der Waals surface area (Å²) in [6, 6.07) is 4.15. The van der Waals surface area contributed by atoms with Crippen LogP contribution in [0.5, 0.6) is 0 Å². The third kappa shape index (κ3) is 3.64. The Balaban J connectivity index is 1.78. The maximum atomic E-state index is 12.9. The van der Waals surface area contributed by atoms with E-state index in [2.05, 4.69) is 10.2 Å². The van der Waals surface area contributed by atoms with Crippen molar-refractivity contribution in [3.63, 3.8) is 0 Å². The standard InChI is InChI=1S/C20H25N3O5/c1-2-4-17(18(26)21-12-25)23-19(27)15-7-6-14(9-16(15)20(23)28)22-10-13(11-22)5-3-8-24/h6-7,9,12-13,17,24H,2-5,8,10-11H2,1H3,(H,21,25,26). The largest absolute Gasteiger partial charge is 0.396 e. The van der Waals surface area contributed by atoms with Crippen molar-refractivity contribution in [2.24, 2.45) is 5.92 Å². The van der Waals surface area contributed by atoms with Gasteiger partial charge < -0.3 is 10.0 Å². The molecule has 0 saturated carbocycles. The molecule has 0 spiro atoms. The summed E-state index contributed by atoms with van der Waals surface area (Å²) >= 11 is 0. The Labute approximate surface area is 163 Å². The van der Waals surface area contributed by atoms with Gasteiger partial charge in [-0.1, -0.05) is 13.3 Å². The van der Waals surface area contributed by atoms with Gasteiger partial charge in [-0.05, 0) is 43.4 Å². The predicted octanol–water partition coefficient (Wildman–Crippen LogP) is 0.933. The van der Waals surface area contributed by atoms with Gasteiger partial charge in [-0.25, -0.2) is 0 Å². The van der Waals surface area contributed by atoms with Crippen molar-refractivity contribution >= 4 is 29.8 Å². The number of amides is 4. The number of aliphatic hydroxyl groups is 1. The molecule has 1 saturated heterocycles. The average Bonchev–Trinajstić information content (AvgIpc) is 2.89. The van der Waals surface area contributed by atoms with Crippen LogP contribution >= 0.6 is 0 Å². The molecule has 1 aromatic rings. The smallest absolute Gasteiger partial charge is 0.262 e. The molecule has 3 rings (SSSR count). The zero-order valence-corrected chi connectivity index (χ0v) is 15.9. The van der Waals surface area contributed by atoms with Crippen LogP contribution in [0.4, 0.5) is 5.69 Å². The van der Waals surface area contributed by atoms with E-state index in [0.717, 1.165) is 36.5 Å².